The van der Waals surface area contributed by atoms with Gasteiger partial charge in [0.1, 0.15) is 5.75 Å². The van der Waals surface area contributed by atoms with Gasteiger partial charge in [0.05, 0.1) is 7.11 Å². The predicted octanol–water partition coefficient (Wildman–Crippen LogP) is 4.28. The number of hydrogen-bond donors (Lipinski definition) is 0. The lowest BCUT2D eigenvalue weighted by atomic mass is 10.2. The number of rotatable bonds is 5. The molecule has 4 aromatic rings. The van der Waals surface area contributed by atoms with Crippen molar-refractivity contribution in [2.75, 3.05) is 7.11 Å². The number of nitrogens with zero attached hydrogens (tertiary/aromatic N) is 3. The average Bonchev–Trinajstić information content (AvgIpc) is 3.05. The van der Waals surface area contributed by atoms with Crippen molar-refractivity contribution in [3.8, 4) is 17.5 Å². The van der Waals surface area contributed by atoms with Gasteiger partial charge >= 0.3 is 0 Å². The summed E-state index contributed by atoms with van der Waals surface area (Å²) in [4.78, 5) is 8.44. The number of hydrogen-bond acceptors (Lipinski definition) is 4. The highest BCUT2D eigenvalue weighted by Crippen LogP contribution is 2.26. The molecule has 124 valence electrons. The van der Waals surface area contributed by atoms with Crippen LogP contribution >= 0.6 is 0 Å². The van der Waals surface area contributed by atoms with Crippen molar-refractivity contribution in [3.05, 3.63) is 78.8 Å². The smallest absolute Gasteiger partial charge is 0.219 e. The third-order valence-electron chi connectivity index (χ3n) is 3.96. The number of pyridine rings is 2. The van der Waals surface area contributed by atoms with E-state index in [9.17, 15) is 0 Å². The first-order valence-corrected chi connectivity index (χ1v) is 7.98. The van der Waals surface area contributed by atoms with Crippen LogP contribution in [0.4, 0.5) is 0 Å². The van der Waals surface area contributed by atoms with E-state index >= 15 is 0 Å². The first-order chi connectivity index (χ1) is 12.3. The minimum atomic E-state index is 0.589. The van der Waals surface area contributed by atoms with Crippen molar-refractivity contribution >= 4 is 10.9 Å². The lowest BCUT2D eigenvalue weighted by Crippen LogP contribution is -1.99. The van der Waals surface area contributed by atoms with Gasteiger partial charge in [-0.1, -0.05) is 12.1 Å². The fraction of sp³-hybridized carbons (Fsp3) is 0.100. The third-order valence-corrected chi connectivity index (χ3v) is 3.96. The maximum Gasteiger partial charge on any atom is 0.219 e. The molecule has 0 unspecified atom stereocenters. The number of ether oxygens (including phenoxy) is 2. The molecule has 0 spiro atoms. The van der Waals surface area contributed by atoms with Crippen LogP contribution in [0.15, 0.2) is 73.2 Å². The molecule has 0 aliphatic carbocycles. The van der Waals surface area contributed by atoms with Crippen LogP contribution in [-0.2, 0) is 6.54 Å². The Balaban J connectivity index is 1.57. The second kappa shape index (κ2) is 6.65. The van der Waals surface area contributed by atoms with Gasteiger partial charge in [0, 0.05) is 48.2 Å². The van der Waals surface area contributed by atoms with Gasteiger partial charge in [0.15, 0.2) is 0 Å². The molecule has 0 fully saturated rings. The summed E-state index contributed by atoms with van der Waals surface area (Å²) in [6, 6.07) is 17.6. The van der Waals surface area contributed by atoms with E-state index in [4.69, 9.17) is 9.47 Å². The van der Waals surface area contributed by atoms with Gasteiger partial charge in [0.25, 0.3) is 0 Å². The zero-order valence-corrected chi connectivity index (χ0v) is 13.8. The Hall–Kier alpha value is -3.34. The maximum atomic E-state index is 5.80. The lowest BCUT2D eigenvalue weighted by Gasteiger charge is -2.08. The van der Waals surface area contributed by atoms with Gasteiger partial charge in [-0.25, -0.2) is 9.97 Å². The van der Waals surface area contributed by atoms with E-state index < -0.39 is 0 Å². The molecule has 0 aliphatic heterocycles. The summed E-state index contributed by atoms with van der Waals surface area (Å²) >= 11 is 0. The monoisotopic (exact) mass is 331 g/mol. The fourth-order valence-electron chi connectivity index (χ4n) is 2.73. The SMILES string of the molecule is COc1ccc(Cn2ccc3cc(Oc4ccccn4)ccc32)cn1. The quantitative estimate of drug-likeness (QED) is 0.548. The zero-order chi connectivity index (χ0) is 17.1. The van der Waals surface area contributed by atoms with E-state index in [1.54, 1.807) is 13.3 Å². The number of aromatic nitrogens is 3. The first-order valence-electron chi connectivity index (χ1n) is 7.98. The molecule has 3 aromatic heterocycles. The molecule has 0 atom stereocenters. The maximum absolute atomic E-state index is 5.80. The van der Waals surface area contributed by atoms with Crippen LogP contribution in [0.5, 0.6) is 17.5 Å². The Morgan fingerprint density at radius 1 is 0.960 bits per heavy atom. The molecule has 25 heavy (non-hydrogen) atoms. The summed E-state index contributed by atoms with van der Waals surface area (Å²) in [7, 11) is 1.62. The van der Waals surface area contributed by atoms with Crippen molar-refractivity contribution < 1.29 is 9.47 Å². The van der Waals surface area contributed by atoms with E-state index in [1.807, 2.05) is 48.7 Å². The summed E-state index contributed by atoms with van der Waals surface area (Å²) in [5.74, 6) is 1.98. The number of benzene rings is 1. The molecule has 0 radical (unpaired) electrons. The fourth-order valence-corrected chi connectivity index (χ4v) is 2.73. The Morgan fingerprint density at radius 2 is 1.92 bits per heavy atom. The number of methoxy groups -OCH3 is 1. The van der Waals surface area contributed by atoms with Crippen LogP contribution in [0, 0.1) is 0 Å². The van der Waals surface area contributed by atoms with Crippen LogP contribution in [0.2, 0.25) is 0 Å². The van der Waals surface area contributed by atoms with Gasteiger partial charge in [-0.3, -0.25) is 0 Å². The highest BCUT2D eigenvalue weighted by Gasteiger charge is 2.05. The van der Waals surface area contributed by atoms with Crippen molar-refractivity contribution in [2.24, 2.45) is 0 Å². The van der Waals surface area contributed by atoms with E-state index in [-0.39, 0.29) is 0 Å². The Labute approximate surface area is 145 Å². The molecular weight excluding hydrogens is 314 g/mol. The van der Waals surface area contributed by atoms with Crippen LogP contribution in [0.25, 0.3) is 10.9 Å². The van der Waals surface area contributed by atoms with Gasteiger partial charge in [0.2, 0.25) is 11.8 Å². The molecule has 0 N–H and O–H groups in total. The molecule has 0 bridgehead atoms. The van der Waals surface area contributed by atoms with Gasteiger partial charge in [-0.2, -0.15) is 0 Å². The minimum Gasteiger partial charge on any atom is -0.481 e. The highest BCUT2D eigenvalue weighted by molar-refractivity contribution is 5.81. The van der Waals surface area contributed by atoms with Crippen LogP contribution in [0.3, 0.4) is 0 Å². The van der Waals surface area contributed by atoms with Gasteiger partial charge in [-0.15, -0.1) is 0 Å². The van der Waals surface area contributed by atoms with Crippen LogP contribution in [0.1, 0.15) is 5.56 Å². The van der Waals surface area contributed by atoms with Crippen molar-refractivity contribution in [1.82, 2.24) is 14.5 Å². The van der Waals surface area contributed by atoms with Crippen LogP contribution < -0.4 is 9.47 Å². The molecule has 0 aliphatic rings. The van der Waals surface area contributed by atoms with E-state index in [0.29, 0.717) is 11.8 Å². The zero-order valence-electron chi connectivity index (χ0n) is 13.8. The van der Waals surface area contributed by atoms with Crippen molar-refractivity contribution in [3.63, 3.8) is 0 Å². The molecule has 4 rings (SSSR count). The van der Waals surface area contributed by atoms with Crippen LogP contribution in [-0.4, -0.2) is 21.6 Å². The molecule has 0 amide bonds. The topological polar surface area (TPSA) is 49.2 Å². The second-order valence-corrected chi connectivity index (χ2v) is 5.64. The van der Waals surface area contributed by atoms with E-state index in [1.165, 1.54) is 0 Å². The Kier molecular flexibility index (Phi) is 4.04. The van der Waals surface area contributed by atoms with Crippen molar-refractivity contribution in [2.45, 2.75) is 6.54 Å². The van der Waals surface area contributed by atoms with Gasteiger partial charge in [-0.05, 0) is 35.9 Å². The predicted molar refractivity (Wildman–Crippen MR) is 96.1 cm³/mol. The van der Waals surface area contributed by atoms with Gasteiger partial charge < -0.3 is 14.0 Å². The largest absolute Gasteiger partial charge is 0.481 e. The Bertz CT molecular complexity index is 979. The van der Waals surface area contributed by atoms with Crippen molar-refractivity contribution in [1.29, 1.82) is 0 Å². The summed E-state index contributed by atoms with van der Waals surface area (Å²) in [5.41, 5.74) is 2.26. The molecule has 1 aromatic carbocycles. The standard InChI is InChI=1S/C20H17N3O2/c1-24-19-8-5-15(13-22-19)14-23-11-9-16-12-17(6-7-18(16)23)25-20-4-2-3-10-21-20/h2-13H,14H2,1H3. The molecule has 3 heterocycles. The summed E-state index contributed by atoms with van der Waals surface area (Å²) in [6.45, 7) is 0.751. The molecule has 0 saturated heterocycles. The highest BCUT2D eigenvalue weighted by atomic mass is 16.5. The molecular formula is C20H17N3O2. The first kappa shape index (κ1) is 15.2. The lowest BCUT2D eigenvalue weighted by molar-refractivity contribution is 0.397. The normalized spacial score (nSPS) is 10.8. The second-order valence-electron chi connectivity index (χ2n) is 5.64. The Morgan fingerprint density at radius 3 is 2.68 bits per heavy atom. The third kappa shape index (κ3) is 3.30. The molecule has 5 nitrogen and oxygen atoms in total. The van der Waals surface area contributed by atoms with E-state index in [0.717, 1.165) is 28.8 Å². The van der Waals surface area contributed by atoms with E-state index in [2.05, 4.69) is 32.9 Å². The summed E-state index contributed by atoms with van der Waals surface area (Å²) in [5, 5.41) is 1.12. The number of fused-ring (bicyclic) bond motifs is 1. The molecule has 0 saturated carbocycles. The molecule has 5 heteroatoms. The average molecular weight is 331 g/mol. The summed E-state index contributed by atoms with van der Waals surface area (Å²) < 4.78 is 13.1. The minimum absolute atomic E-state index is 0.589. The summed E-state index contributed by atoms with van der Waals surface area (Å²) in [6.07, 6.45) is 5.62.